The summed E-state index contributed by atoms with van der Waals surface area (Å²) < 4.78 is 1.97. The van der Waals surface area contributed by atoms with Gasteiger partial charge in [0.2, 0.25) is 0 Å². The third kappa shape index (κ3) is 3.23. The Hall–Kier alpha value is -0.870. The molecule has 1 aromatic heterocycles. The van der Waals surface area contributed by atoms with E-state index in [1.165, 1.54) is 37.8 Å². The SMILES string of the molecule is CCC1CCC(CN)(N(C)CCc2ccnn2C)CC1. The Balaban J connectivity index is 1.92. The predicted octanol–water partition coefficient (Wildman–Crippen LogP) is 2.19. The number of nitrogens with zero attached hydrogens (tertiary/aromatic N) is 3. The van der Waals surface area contributed by atoms with Gasteiger partial charge in [0.15, 0.2) is 0 Å². The Morgan fingerprint density at radius 2 is 2.15 bits per heavy atom. The molecule has 1 aliphatic carbocycles. The number of nitrogens with two attached hydrogens (primary N) is 1. The quantitative estimate of drug-likeness (QED) is 0.867. The number of aryl methyl sites for hydroxylation is 1. The summed E-state index contributed by atoms with van der Waals surface area (Å²) in [6, 6.07) is 2.11. The Bertz CT molecular complexity index is 404. The summed E-state index contributed by atoms with van der Waals surface area (Å²) in [4.78, 5) is 2.51. The monoisotopic (exact) mass is 278 g/mol. The Morgan fingerprint density at radius 3 is 2.65 bits per heavy atom. The van der Waals surface area contributed by atoms with Gasteiger partial charge in [0, 0.05) is 44.0 Å². The van der Waals surface area contributed by atoms with Crippen molar-refractivity contribution in [1.29, 1.82) is 0 Å². The third-order valence-electron chi connectivity index (χ3n) is 5.43. The maximum atomic E-state index is 6.15. The van der Waals surface area contributed by atoms with Crippen LogP contribution < -0.4 is 5.73 Å². The highest BCUT2D eigenvalue weighted by atomic mass is 15.3. The third-order valence-corrected chi connectivity index (χ3v) is 5.43. The lowest BCUT2D eigenvalue weighted by molar-refractivity contribution is 0.0646. The maximum Gasteiger partial charge on any atom is 0.0492 e. The van der Waals surface area contributed by atoms with E-state index in [0.29, 0.717) is 0 Å². The van der Waals surface area contributed by atoms with Gasteiger partial charge in [-0.15, -0.1) is 0 Å². The minimum atomic E-state index is 0.226. The molecule has 1 aromatic rings. The van der Waals surface area contributed by atoms with Gasteiger partial charge in [0.1, 0.15) is 0 Å². The van der Waals surface area contributed by atoms with Crippen LogP contribution in [0.5, 0.6) is 0 Å². The van der Waals surface area contributed by atoms with Crippen LogP contribution in [0.4, 0.5) is 0 Å². The van der Waals surface area contributed by atoms with Gasteiger partial charge < -0.3 is 5.73 Å². The molecule has 0 aromatic carbocycles. The molecule has 0 bridgehead atoms. The molecule has 0 amide bonds. The van der Waals surface area contributed by atoms with Crippen molar-refractivity contribution in [2.45, 2.75) is 51.0 Å². The lowest BCUT2D eigenvalue weighted by Gasteiger charge is -2.46. The van der Waals surface area contributed by atoms with Crippen molar-refractivity contribution in [2.24, 2.45) is 18.7 Å². The zero-order valence-electron chi connectivity index (χ0n) is 13.3. The molecule has 1 aliphatic rings. The van der Waals surface area contributed by atoms with E-state index in [1.807, 2.05) is 17.9 Å². The van der Waals surface area contributed by atoms with Crippen molar-refractivity contribution in [2.75, 3.05) is 20.1 Å². The van der Waals surface area contributed by atoms with Crippen molar-refractivity contribution >= 4 is 0 Å². The predicted molar refractivity (Wildman–Crippen MR) is 83.6 cm³/mol. The van der Waals surface area contributed by atoms with Gasteiger partial charge in [0.05, 0.1) is 0 Å². The Kier molecular flexibility index (Phi) is 5.22. The number of hydrogen-bond donors (Lipinski definition) is 1. The Morgan fingerprint density at radius 1 is 1.45 bits per heavy atom. The molecular formula is C16H30N4. The first-order valence-electron chi connectivity index (χ1n) is 7.99. The largest absolute Gasteiger partial charge is 0.329 e. The van der Waals surface area contributed by atoms with Crippen LogP contribution in [0.25, 0.3) is 0 Å². The minimum Gasteiger partial charge on any atom is -0.329 e. The molecule has 4 nitrogen and oxygen atoms in total. The number of likely N-dealkylation sites (N-methyl/N-ethyl adjacent to an activating group) is 1. The zero-order chi connectivity index (χ0) is 14.6. The van der Waals surface area contributed by atoms with Crippen molar-refractivity contribution in [3.8, 4) is 0 Å². The highest BCUT2D eigenvalue weighted by Crippen LogP contribution is 2.36. The fourth-order valence-electron chi connectivity index (χ4n) is 3.53. The van der Waals surface area contributed by atoms with Crippen LogP contribution in [0, 0.1) is 5.92 Å². The molecule has 2 N–H and O–H groups in total. The van der Waals surface area contributed by atoms with Gasteiger partial charge in [-0.05, 0) is 44.7 Å². The molecule has 0 aliphatic heterocycles. The first-order valence-corrected chi connectivity index (χ1v) is 7.99. The van der Waals surface area contributed by atoms with Crippen LogP contribution in [0.3, 0.4) is 0 Å². The van der Waals surface area contributed by atoms with Crippen LogP contribution in [0.15, 0.2) is 12.3 Å². The summed E-state index contributed by atoms with van der Waals surface area (Å²) in [5.74, 6) is 0.917. The van der Waals surface area contributed by atoms with Crippen LogP contribution in [0.2, 0.25) is 0 Å². The Labute approximate surface area is 123 Å². The lowest BCUT2D eigenvalue weighted by atomic mass is 9.74. The number of aromatic nitrogens is 2. The highest BCUT2D eigenvalue weighted by Gasteiger charge is 2.36. The van der Waals surface area contributed by atoms with Crippen molar-refractivity contribution in [3.05, 3.63) is 18.0 Å². The van der Waals surface area contributed by atoms with Crippen LogP contribution >= 0.6 is 0 Å². The van der Waals surface area contributed by atoms with E-state index in [1.54, 1.807) is 0 Å². The van der Waals surface area contributed by atoms with Gasteiger partial charge in [-0.25, -0.2) is 0 Å². The van der Waals surface area contributed by atoms with Gasteiger partial charge in [-0.2, -0.15) is 5.10 Å². The van der Waals surface area contributed by atoms with Crippen molar-refractivity contribution < 1.29 is 0 Å². The van der Waals surface area contributed by atoms with E-state index in [2.05, 4.69) is 30.0 Å². The molecule has 1 heterocycles. The summed E-state index contributed by atoms with van der Waals surface area (Å²) in [5.41, 5.74) is 7.67. The molecule has 0 spiro atoms. The second-order valence-corrected chi connectivity index (χ2v) is 6.40. The van der Waals surface area contributed by atoms with Gasteiger partial charge in [0.25, 0.3) is 0 Å². The molecule has 1 fully saturated rings. The van der Waals surface area contributed by atoms with Crippen LogP contribution in [-0.4, -0.2) is 40.4 Å². The molecular weight excluding hydrogens is 248 g/mol. The van der Waals surface area contributed by atoms with Gasteiger partial charge in [-0.1, -0.05) is 13.3 Å². The van der Waals surface area contributed by atoms with Gasteiger partial charge in [-0.3, -0.25) is 9.58 Å². The average Bonchev–Trinajstić information content (AvgIpc) is 2.90. The fraction of sp³-hybridized carbons (Fsp3) is 0.812. The standard InChI is InChI=1S/C16H30N4/c1-4-14-5-9-16(13-17,10-6-14)19(2)12-8-15-7-11-18-20(15)3/h7,11,14H,4-6,8-10,12-13,17H2,1-3H3. The molecule has 2 rings (SSSR count). The summed E-state index contributed by atoms with van der Waals surface area (Å²) in [7, 11) is 4.26. The second-order valence-electron chi connectivity index (χ2n) is 6.40. The molecule has 0 radical (unpaired) electrons. The summed E-state index contributed by atoms with van der Waals surface area (Å²) in [5, 5.41) is 4.24. The first kappa shape index (κ1) is 15.5. The van der Waals surface area contributed by atoms with Gasteiger partial charge >= 0.3 is 0 Å². The molecule has 20 heavy (non-hydrogen) atoms. The molecule has 0 saturated heterocycles. The summed E-state index contributed by atoms with van der Waals surface area (Å²) in [6.07, 6.45) is 9.42. The van der Waals surface area contributed by atoms with E-state index in [9.17, 15) is 0 Å². The topological polar surface area (TPSA) is 47.1 Å². The van der Waals surface area contributed by atoms with Crippen LogP contribution in [-0.2, 0) is 13.5 Å². The smallest absolute Gasteiger partial charge is 0.0492 e. The van der Waals surface area contributed by atoms with E-state index >= 15 is 0 Å². The lowest BCUT2D eigenvalue weighted by Crippen LogP contribution is -2.54. The van der Waals surface area contributed by atoms with E-state index in [0.717, 1.165) is 25.4 Å². The second kappa shape index (κ2) is 6.72. The average molecular weight is 278 g/mol. The minimum absolute atomic E-state index is 0.226. The number of hydrogen-bond acceptors (Lipinski definition) is 3. The van der Waals surface area contributed by atoms with E-state index < -0.39 is 0 Å². The fourth-order valence-corrected chi connectivity index (χ4v) is 3.53. The van der Waals surface area contributed by atoms with Crippen molar-refractivity contribution in [1.82, 2.24) is 14.7 Å². The normalized spacial score (nSPS) is 27.1. The summed E-state index contributed by atoms with van der Waals surface area (Å²) in [6.45, 7) is 4.16. The molecule has 4 heteroatoms. The van der Waals surface area contributed by atoms with E-state index in [4.69, 9.17) is 5.73 Å². The zero-order valence-corrected chi connectivity index (χ0v) is 13.3. The highest BCUT2D eigenvalue weighted by molar-refractivity contribution is 5.02. The molecule has 0 atom stereocenters. The number of rotatable bonds is 6. The maximum absolute atomic E-state index is 6.15. The van der Waals surface area contributed by atoms with E-state index in [-0.39, 0.29) is 5.54 Å². The van der Waals surface area contributed by atoms with Crippen LogP contribution in [0.1, 0.15) is 44.7 Å². The van der Waals surface area contributed by atoms with Crippen molar-refractivity contribution in [3.63, 3.8) is 0 Å². The first-order chi connectivity index (χ1) is 9.61. The molecule has 114 valence electrons. The molecule has 1 saturated carbocycles. The molecule has 0 unspecified atom stereocenters. The summed E-state index contributed by atoms with van der Waals surface area (Å²) >= 11 is 0.